The van der Waals surface area contributed by atoms with E-state index in [-0.39, 0.29) is 11.4 Å². The zero-order chi connectivity index (χ0) is 24.6. The van der Waals surface area contributed by atoms with E-state index < -0.39 is 28.3 Å². The second kappa shape index (κ2) is 11.5. The summed E-state index contributed by atoms with van der Waals surface area (Å²) in [6.07, 6.45) is 0. The van der Waals surface area contributed by atoms with Crippen LogP contribution in [-0.2, 0) is 21.4 Å². The van der Waals surface area contributed by atoms with Gasteiger partial charge in [0, 0.05) is 6.54 Å². The summed E-state index contributed by atoms with van der Waals surface area (Å²) >= 11 is 0. The Morgan fingerprint density at radius 3 is 2.21 bits per heavy atom. The maximum absolute atomic E-state index is 13.3. The van der Waals surface area contributed by atoms with Crippen LogP contribution in [0.5, 0.6) is 11.5 Å². The van der Waals surface area contributed by atoms with E-state index in [0.717, 1.165) is 22.0 Å². The van der Waals surface area contributed by atoms with Crippen LogP contribution in [-0.4, -0.2) is 34.1 Å². The molecule has 0 aromatic heterocycles. The number of hydrogen-bond donors (Lipinski definition) is 1. The summed E-state index contributed by atoms with van der Waals surface area (Å²) in [6.45, 7) is 4.42. The molecule has 9 heteroatoms. The molecule has 0 bridgehead atoms. The molecule has 0 aliphatic heterocycles. The predicted octanol–water partition coefficient (Wildman–Crippen LogP) is 4.13. The fourth-order valence-electron chi connectivity index (χ4n) is 3.24. The number of hydrogen-bond acceptors (Lipinski definition) is 5. The number of sulfonamides is 1. The second-order valence-electron chi connectivity index (χ2n) is 7.22. The second-order valence-corrected chi connectivity index (χ2v) is 9.09. The Morgan fingerprint density at radius 1 is 0.912 bits per heavy atom. The molecular weight excluding hydrogens is 459 g/mol. The summed E-state index contributed by atoms with van der Waals surface area (Å²) in [5, 5.41) is 2.75. The van der Waals surface area contributed by atoms with Gasteiger partial charge in [-0.05, 0) is 67.9 Å². The Morgan fingerprint density at radius 2 is 1.56 bits per heavy atom. The van der Waals surface area contributed by atoms with Crippen molar-refractivity contribution in [2.75, 3.05) is 24.1 Å². The van der Waals surface area contributed by atoms with E-state index in [2.05, 4.69) is 5.32 Å². The van der Waals surface area contributed by atoms with Crippen molar-refractivity contribution in [2.45, 2.75) is 25.3 Å². The van der Waals surface area contributed by atoms with Crippen molar-refractivity contribution in [3.05, 3.63) is 84.2 Å². The van der Waals surface area contributed by atoms with Crippen LogP contribution in [0.4, 0.5) is 10.1 Å². The lowest BCUT2D eigenvalue weighted by atomic mass is 10.2. The molecule has 1 N–H and O–H groups in total. The molecule has 0 aliphatic rings. The lowest BCUT2D eigenvalue weighted by molar-refractivity contribution is -0.119. The average Bonchev–Trinajstić information content (AvgIpc) is 2.83. The van der Waals surface area contributed by atoms with E-state index >= 15 is 0 Å². The van der Waals surface area contributed by atoms with E-state index in [9.17, 15) is 17.6 Å². The monoisotopic (exact) mass is 486 g/mol. The van der Waals surface area contributed by atoms with Gasteiger partial charge in [0.15, 0.2) is 11.5 Å². The first-order valence-electron chi connectivity index (χ1n) is 10.8. The number of rotatable bonds is 11. The van der Waals surface area contributed by atoms with E-state index in [1.807, 2.05) is 13.8 Å². The lowest BCUT2D eigenvalue weighted by Gasteiger charge is -2.24. The van der Waals surface area contributed by atoms with Gasteiger partial charge in [0.1, 0.15) is 12.4 Å². The van der Waals surface area contributed by atoms with Gasteiger partial charge >= 0.3 is 0 Å². The first-order chi connectivity index (χ1) is 16.3. The van der Waals surface area contributed by atoms with Crippen LogP contribution in [0.1, 0.15) is 19.4 Å². The van der Waals surface area contributed by atoms with Crippen molar-refractivity contribution >= 4 is 21.6 Å². The topological polar surface area (TPSA) is 84.9 Å². The molecule has 34 heavy (non-hydrogen) atoms. The number of benzene rings is 3. The Bertz CT molecular complexity index is 1200. The summed E-state index contributed by atoms with van der Waals surface area (Å²) in [5.41, 5.74) is 1.09. The highest BCUT2D eigenvalue weighted by molar-refractivity contribution is 7.92. The number of para-hydroxylation sites is 1. The van der Waals surface area contributed by atoms with Crippen LogP contribution in [0.2, 0.25) is 0 Å². The minimum atomic E-state index is -4.11. The maximum atomic E-state index is 13.3. The number of carbonyl (C=O) groups excluding carboxylic acids is 1. The van der Waals surface area contributed by atoms with Gasteiger partial charge in [0.2, 0.25) is 5.91 Å². The van der Waals surface area contributed by atoms with Crippen molar-refractivity contribution in [2.24, 2.45) is 0 Å². The molecule has 0 heterocycles. The molecule has 0 saturated carbocycles. The van der Waals surface area contributed by atoms with Gasteiger partial charge in [-0.15, -0.1) is 0 Å². The molecule has 0 atom stereocenters. The SMILES string of the molecule is CCOc1ccc(CNC(=O)CN(c2ccccc2)S(=O)(=O)c2ccc(F)cc2)cc1OCC. The van der Waals surface area contributed by atoms with Crippen LogP contribution in [0.15, 0.2) is 77.7 Å². The maximum Gasteiger partial charge on any atom is 0.264 e. The number of amides is 1. The summed E-state index contributed by atoms with van der Waals surface area (Å²) in [4.78, 5) is 12.7. The molecule has 0 aliphatic carbocycles. The molecule has 0 spiro atoms. The lowest BCUT2D eigenvalue weighted by Crippen LogP contribution is -2.40. The molecule has 180 valence electrons. The number of nitrogens with zero attached hydrogens (tertiary/aromatic N) is 1. The largest absolute Gasteiger partial charge is 0.490 e. The standard InChI is InChI=1S/C25H27FN2O5S/c1-3-32-23-15-10-19(16-24(23)33-4-2)17-27-25(29)18-28(21-8-6-5-7-9-21)34(30,31)22-13-11-20(26)12-14-22/h5-16H,3-4,17-18H2,1-2H3,(H,27,29). The summed E-state index contributed by atoms with van der Waals surface area (Å²) < 4.78 is 52.0. The van der Waals surface area contributed by atoms with Crippen molar-refractivity contribution in [3.63, 3.8) is 0 Å². The van der Waals surface area contributed by atoms with Crippen LogP contribution < -0.4 is 19.1 Å². The van der Waals surface area contributed by atoms with Crippen LogP contribution in [0.3, 0.4) is 0 Å². The van der Waals surface area contributed by atoms with Gasteiger partial charge in [-0.1, -0.05) is 24.3 Å². The minimum Gasteiger partial charge on any atom is -0.490 e. The zero-order valence-corrected chi connectivity index (χ0v) is 19.8. The minimum absolute atomic E-state index is 0.113. The molecule has 3 aromatic carbocycles. The molecular formula is C25H27FN2O5S. The molecule has 3 aromatic rings. The van der Waals surface area contributed by atoms with Crippen molar-refractivity contribution in [3.8, 4) is 11.5 Å². The average molecular weight is 487 g/mol. The van der Waals surface area contributed by atoms with Gasteiger partial charge < -0.3 is 14.8 Å². The Kier molecular flexibility index (Phi) is 8.48. The quantitative estimate of drug-likeness (QED) is 0.441. The van der Waals surface area contributed by atoms with E-state index in [4.69, 9.17) is 9.47 Å². The predicted molar refractivity (Wildman–Crippen MR) is 128 cm³/mol. The fourth-order valence-corrected chi connectivity index (χ4v) is 4.66. The van der Waals surface area contributed by atoms with Gasteiger partial charge in [-0.25, -0.2) is 12.8 Å². The Hall–Kier alpha value is -3.59. The van der Waals surface area contributed by atoms with Crippen molar-refractivity contribution in [1.29, 1.82) is 0 Å². The van der Waals surface area contributed by atoms with Crippen LogP contribution in [0, 0.1) is 5.82 Å². The first-order valence-corrected chi connectivity index (χ1v) is 12.3. The Balaban J connectivity index is 1.78. The van der Waals surface area contributed by atoms with Gasteiger partial charge in [-0.3, -0.25) is 9.10 Å². The third-order valence-electron chi connectivity index (χ3n) is 4.83. The third-order valence-corrected chi connectivity index (χ3v) is 6.62. The number of ether oxygens (including phenoxy) is 2. The van der Waals surface area contributed by atoms with E-state index in [1.165, 1.54) is 12.1 Å². The number of nitrogens with one attached hydrogen (secondary N) is 1. The molecule has 1 amide bonds. The number of halogens is 1. The first kappa shape index (κ1) is 25.0. The fraction of sp³-hybridized carbons (Fsp3) is 0.240. The summed E-state index contributed by atoms with van der Waals surface area (Å²) in [6, 6.07) is 18.1. The molecule has 7 nitrogen and oxygen atoms in total. The normalized spacial score (nSPS) is 11.0. The van der Waals surface area contributed by atoms with Crippen LogP contribution >= 0.6 is 0 Å². The highest BCUT2D eigenvalue weighted by Crippen LogP contribution is 2.28. The summed E-state index contributed by atoms with van der Waals surface area (Å²) in [5.74, 6) is 0.132. The smallest absolute Gasteiger partial charge is 0.264 e. The molecule has 0 radical (unpaired) electrons. The highest BCUT2D eigenvalue weighted by Gasteiger charge is 2.27. The van der Waals surface area contributed by atoms with Gasteiger partial charge in [0.25, 0.3) is 10.0 Å². The number of anilines is 1. The van der Waals surface area contributed by atoms with E-state index in [1.54, 1.807) is 48.5 Å². The van der Waals surface area contributed by atoms with Gasteiger partial charge in [0.05, 0.1) is 23.8 Å². The van der Waals surface area contributed by atoms with Gasteiger partial charge in [-0.2, -0.15) is 0 Å². The summed E-state index contributed by atoms with van der Waals surface area (Å²) in [7, 11) is -4.11. The van der Waals surface area contributed by atoms with Crippen LogP contribution in [0.25, 0.3) is 0 Å². The van der Waals surface area contributed by atoms with Crippen molar-refractivity contribution in [1.82, 2.24) is 5.32 Å². The molecule has 0 saturated heterocycles. The molecule has 3 rings (SSSR count). The zero-order valence-electron chi connectivity index (χ0n) is 19.0. The highest BCUT2D eigenvalue weighted by atomic mass is 32.2. The Labute approximate surface area is 199 Å². The number of carbonyl (C=O) groups is 1. The third kappa shape index (κ3) is 6.26. The van der Waals surface area contributed by atoms with Crippen molar-refractivity contribution < 1.29 is 27.1 Å². The van der Waals surface area contributed by atoms with E-state index in [0.29, 0.717) is 30.4 Å². The molecule has 0 unspecified atom stereocenters. The molecule has 0 fully saturated rings.